The quantitative estimate of drug-likeness (QED) is 0.815. The zero-order valence-electron chi connectivity index (χ0n) is 12.2. The van der Waals surface area contributed by atoms with Crippen LogP contribution in [0.3, 0.4) is 0 Å². The number of quaternary nitrogens is 1. The van der Waals surface area contributed by atoms with Crippen LogP contribution in [-0.4, -0.2) is 12.5 Å². The van der Waals surface area contributed by atoms with Crippen molar-refractivity contribution in [3.63, 3.8) is 0 Å². The minimum atomic E-state index is -1.06. The Morgan fingerprint density at radius 2 is 1.78 bits per heavy atom. The predicted octanol–water partition coefficient (Wildman–Crippen LogP) is 2.51. The van der Waals surface area contributed by atoms with Gasteiger partial charge in [0.2, 0.25) is 0 Å². The fraction of sp³-hybridized carbons (Fsp3) is 0.188. The molecule has 0 bridgehead atoms. The maximum absolute atomic E-state index is 13.6. The Morgan fingerprint density at radius 1 is 1.04 bits per heavy atom. The summed E-state index contributed by atoms with van der Waals surface area (Å²) in [6.07, 6.45) is 0. The summed E-state index contributed by atoms with van der Waals surface area (Å²) in [7, 11) is 0. The van der Waals surface area contributed by atoms with Crippen molar-refractivity contribution < 1.29 is 27.7 Å². The molecular formula is C16H15F4N2O+. The minimum Gasteiger partial charge on any atom is -0.332 e. The number of hydrogen-bond acceptors (Lipinski definition) is 1. The van der Waals surface area contributed by atoms with E-state index in [1.165, 1.54) is 12.1 Å². The van der Waals surface area contributed by atoms with Gasteiger partial charge in [-0.3, -0.25) is 4.79 Å². The number of carbonyl (C=O) groups excluding carboxylic acids is 1. The summed E-state index contributed by atoms with van der Waals surface area (Å²) in [5.41, 5.74) is 0.398. The van der Waals surface area contributed by atoms with E-state index in [1.54, 1.807) is 12.2 Å². The van der Waals surface area contributed by atoms with Gasteiger partial charge in [-0.15, -0.1) is 0 Å². The van der Waals surface area contributed by atoms with Gasteiger partial charge in [-0.2, -0.15) is 0 Å². The number of hydrogen-bond donors (Lipinski definition) is 2. The van der Waals surface area contributed by atoms with Crippen LogP contribution in [0.15, 0.2) is 36.4 Å². The third-order valence-corrected chi connectivity index (χ3v) is 3.31. The zero-order valence-corrected chi connectivity index (χ0v) is 12.2. The molecular weight excluding hydrogens is 312 g/mol. The van der Waals surface area contributed by atoms with Gasteiger partial charge in [0.25, 0.3) is 5.91 Å². The lowest BCUT2D eigenvalue weighted by molar-refractivity contribution is -0.682. The topological polar surface area (TPSA) is 45.7 Å². The van der Waals surface area contributed by atoms with Gasteiger partial charge in [0.15, 0.2) is 18.2 Å². The molecule has 3 N–H and O–H groups in total. The van der Waals surface area contributed by atoms with Gasteiger partial charge in [0.05, 0.1) is 0 Å². The number of rotatable bonds is 5. The first-order chi connectivity index (χ1) is 10.9. The molecule has 0 radical (unpaired) electrons. The molecule has 2 aromatic rings. The van der Waals surface area contributed by atoms with Crippen LogP contribution in [0.4, 0.5) is 23.2 Å². The molecule has 2 aromatic carbocycles. The number of nitrogens with two attached hydrogens (primary N) is 1. The molecule has 0 saturated carbocycles. The molecule has 0 fully saturated rings. The van der Waals surface area contributed by atoms with Crippen LogP contribution in [0.1, 0.15) is 18.5 Å². The monoisotopic (exact) mass is 327 g/mol. The van der Waals surface area contributed by atoms with Crippen molar-refractivity contribution in [2.45, 2.75) is 13.0 Å². The largest absolute Gasteiger partial charge is 0.332 e. The van der Waals surface area contributed by atoms with Crippen molar-refractivity contribution in [2.75, 3.05) is 11.9 Å². The molecule has 0 saturated heterocycles. The van der Waals surface area contributed by atoms with Crippen LogP contribution >= 0.6 is 0 Å². The van der Waals surface area contributed by atoms with E-state index < -0.39 is 35.2 Å². The van der Waals surface area contributed by atoms with E-state index in [0.717, 1.165) is 24.3 Å². The first kappa shape index (κ1) is 17.0. The lowest BCUT2D eigenvalue weighted by atomic mass is 10.1. The van der Waals surface area contributed by atoms with E-state index in [1.807, 2.05) is 0 Å². The van der Waals surface area contributed by atoms with Crippen LogP contribution in [-0.2, 0) is 4.79 Å². The normalized spacial score (nSPS) is 12.0. The highest BCUT2D eigenvalue weighted by Gasteiger charge is 2.16. The van der Waals surface area contributed by atoms with Crippen LogP contribution in [0.5, 0.6) is 0 Å². The Labute approximate surface area is 130 Å². The number of carbonyl (C=O) groups is 1. The van der Waals surface area contributed by atoms with Crippen molar-refractivity contribution >= 4 is 11.6 Å². The van der Waals surface area contributed by atoms with Gasteiger partial charge in [-0.1, -0.05) is 0 Å². The van der Waals surface area contributed by atoms with Gasteiger partial charge in [0.1, 0.15) is 17.7 Å². The second kappa shape index (κ2) is 7.23. The zero-order chi connectivity index (χ0) is 17.0. The first-order valence-corrected chi connectivity index (χ1v) is 6.90. The smallest absolute Gasteiger partial charge is 0.279 e. The summed E-state index contributed by atoms with van der Waals surface area (Å²) in [6.45, 7) is 1.61. The van der Waals surface area contributed by atoms with E-state index in [4.69, 9.17) is 0 Å². The van der Waals surface area contributed by atoms with Crippen LogP contribution in [0.25, 0.3) is 0 Å². The maximum atomic E-state index is 13.6. The highest BCUT2D eigenvalue weighted by atomic mass is 19.2. The van der Waals surface area contributed by atoms with Crippen molar-refractivity contribution in [2.24, 2.45) is 0 Å². The van der Waals surface area contributed by atoms with Crippen molar-refractivity contribution in [1.29, 1.82) is 0 Å². The molecule has 3 nitrogen and oxygen atoms in total. The van der Waals surface area contributed by atoms with Gasteiger partial charge < -0.3 is 10.6 Å². The molecule has 1 atom stereocenters. The molecule has 0 aliphatic rings. The molecule has 2 rings (SSSR count). The van der Waals surface area contributed by atoms with Gasteiger partial charge in [0, 0.05) is 23.4 Å². The summed E-state index contributed by atoms with van der Waals surface area (Å²) in [5, 5.41) is 3.96. The van der Waals surface area contributed by atoms with E-state index in [9.17, 15) is 22.4 Å². The summed E-state index contributed by atoms with van der Waals surface area (Å²) in [5.74, 6) is -3.88. The van der Waals surface area contributed by atoms with Crippen molar-refractivity contribution in [1.82, 2.24) is 0 Å². The highest BCUT2D eigenvalue weighted by Crippen LogP contribution is 2.15. The van der Waals surface area contributed by atoms with E-state index in [-0.39, 0.29) is 17.8 Å². The standard InChI is InChI=1S/C16H14F4N2O/c1-9(12-4-2-10(17)6-14(12)19)21-8-16(23)22-11-3-5-13(18)15(20)7-11/h2-7,9,21H,8H2,1H3,(H,22,23)/p+1/t9-/m0/s1. The molecule has 0 aromatic heterocycles. The molecule has 23 heavy (non-hydrogen) atoms. The lowest BCUT2D eigenvalue weighted by Crippen LogP contribution is -2.86. The number of halogens is 4. The Bertz CT molecular complexity index is 721. The second-order valence-corrected chi connectivity index (χ2v) is 5.07. The average Bonchev–Trinajstić information content (AvgIpc) is 2.48. The second-order valence-electron chi connectivity index (χ2n) is 5.07. The van der Waals surface area contributed by atoms with Gasteiger partial charge >= 0.3 is 0 Å². The predicted molar refractivity (Wildman–Crippen MR) is 76.6 cm³/mol. The Morgan fingerprint density at radius 3 is 2.43 bits per heavy atom. The number of benzene rings is 2. The third kappa shape index (κ3) is 4.53. The molecule has 0 unspecified atom stereocenters. The Kier molecular flexibility index (Phi) is 5.33. The van der Waals surface area contributed by atoms with Gasteiger partial charge in [-0.25, -0.2) is 17.6 Å². The molecule has 0 aliphatic carbocycles. The Balaban J connectivity index is 1.91. The molecule has 1 amide bonds. The average molecular weight is 327 g/mol. The van der Waals surface area contributed by atoms with Crippen molar-refractivity contribution in [3.8, 4) is 0 Å². The molecule has 0 spiro atoms. The summed E-state index contributed by atoms with van der Waals surface area (Å²) in [6, 6.07) is 5.84. The number of anilines is 1. The van der Waals surface area contributed by atoms with E-state index in [2.05, 4.69) is 5.32 Å². The van der Waals surface area contributed by atoms with E-state index >= 15 is 0 Å². The molecule has 7 heteroatoms. The van der Waals surface area contributed by atoms with Crippen molar-refractivity contribution in [3.05, 3.63) is 65.2 Å². The molecule has 0 aliphatic heterocycles. The maximum Gasteiger partial charge on any atom is 0.279 e. The van der Waals surface area contributed by atoms with Crippen LogP contribution in [0, 0.1) is 23.3 Å². The fourth-order valence-corrected chi connectivity index (χ4v) is 2.07. The SMILES string of the molecule is C[C@H]([NH2+]CC(=O)Nc1ccc(F)c(F)c1)c1ccc(F)cc1F. The summed E-state index contributed by atoms with van der Waals surface area (Å²) in [4.78, 5) is 11.8. The fourth-order valence-electron chi connectivity index (χ4n) is 2.07. The highest BCUT2D eigenvalue weighted by molar-refractivity contribution is 5.91. The molecule has 0 heterocycles. The van der Waals surface area contributed by atoms with Crippen LogP contribution < -0.4 is 10.6 Å². The first-order valence-electron chi connectivity index (χ1n) is 6.90. The van der Waals surface area contributed by atoms with Gasteiger partial charge in [-0.05, 0) is 31.2 Å². The summed E-state index contributed by atoms with van der Waals surface area (Å²) >= 11 is 0. The minimum absolute atomic E-state index is 0.0586. The molecule has 122 valence electrons. The lowest BCUT2D eigenvalue weighted by Gasteiger charge is -2.12. The summed E-state index contributed by atoms with van der Waals surface area (Å²) < 4.78 is 52.3. The third-order valence-electron chi connectivity index (χ3n) is 3.31. The van der Waals surface area contributed by atoms with E-state index in [0.29, 0.717) is 0 Å². The van der Waals surface area contributed by atoms with Crippen LogP contribution in [0.2, 0.25) is 0 Å². The Hall–Kier alpha value is -2.41. The number of nitrogens with one attached hydrogen (secondary N) is 1. The number of amides is 1.